The first kappa shape index (κ1) is 12.9. The van der Waals surface area contributed by atoms with Gasteiger partial charge in [0.2, 0.25) is 0 Å². The highest BCUT2D eigenvalue weighted by atomic mass is 16.3. The number of nitrogens with one attached hydrogen (secondary N) is 1. The molecule has 2 heterocycles. The van der Waals surface area contributed by atoms with Crippen molar-refractivity contribution in [1.29, 1.82) is 0 Å². The van der Waals surface area contributed by atoms with Gasteiger partial charge in [-0.3, -0.25) is 4.68 Å². The van der Waals surface area contributed by atoms with Crippen molar-refractivity contribution >= 4 is 0 Å². The van der Waals surface area contributed by atoms with Gasteiger partial charge in [0.1, 0.15) is 5.76 Å². The van der Waals surface area contributed by atoms with E-state index in [9.17, 15) is 0 Å². The molecule has 0 aliphatic rings. The van der Waals surface area contributed by atoms with Gasteiger partial charge in [0.15, 0.2) is 0 Å². The van der Waals surface area contributed by atoms with Gasteiger partial charge in [-0.15, -0.1) is 0 Å². The van der Waals surface area contributed by atoms with Crippen LogP contribution in [0.3, 0.4) is 0 Å². The third kappa shape index (κ3) is 2.82. The maximum atomic E-state index is 5.39. The molecule has 2 aromatic heterocycles. The molecule has 0 aliphatic heterocycles. The summed E-state index contributed by atoms with van der Waals surface area (Å²) in [6.45, 7) is 8.49. The maximum absolute atomic E-state index is 5.39. The summed E-state index contributed by atoms with van der Waals surface area (Å²) in [5, 5.41) is 7.86. The fraction of sp³-hybridized carbons (Fsp3) is 0.500. The van der Waals surface area contributed by atoms with Crippen molar-refractivity contribution in [3.8, 4) is 0 Å². The second kappa shape index (κ2) is 5.40. The topological polar surface area (TPSA) is 43.0 Å². The van der Waals surface area contributed by atoms with E-state index in [1.165, 1.54) is 5.56 Å². The Labute approximate surface area is 108 Å². The van der Waals surface area contributed by atoms with Crippen LogP contribution in [0, 0.1) is 0 Å². The Morgan fingerprint density at radius 3 is 2.56 bits per heavy atom. The van der Waals surface area contributed by atoms with E-state index in [1.54, 1.807) is 6.26 Å². The fourth-order valence-electron chi connectivity index (χ4n) is 1.95. The lowest BCUT2D eigenvalue weighted by Crippen LogP contribution is -2.21. The summed E-state index contributed by atoms with van der Waals surface area (Å²) in [5.74, 6) is 0.957. The second-order valence-corrected chi connectivity index (χ2v) is 4.97. The van der Waals surface area contributed by atoms with Crippen molar-refractivity contribution < 1.29 is 4.42 Å². The Morgan fingerprint density at radius 1 is 1.22 bits per heavy atom. The lowest BCUT2D eigenvalue weighted by Gasteiger charge is -2.17. The number of furan rings is 1. The summed E-state index contributed by atoms with van der Waals surface area (Å²) in [6, 6.07) is 4.74. The predicted molar refractivity (Wildman–Crippen MR) is 71.3 cm³/mol. The second-order valence-electron chi connectivity index (χ2n) is 4.97. The van der Waals surface area contributed by atoms with Gasteiger partial charge in [-0.05, 0) is 39.8 Å². The molecule has 2 atom stereocenters. The van der Waals surface area contributed by atoms with Crippen LogP contribution in [0.15, 0.2) is 35.2 Å². The van der Waals surface area contributed by atoms with Crippen LogP contribution in [0.25, 0.3) is 0 Å². The lowest BCUT2D eigenvalue weighted by molar-refractivity contribution is 0.402. The zero-order chi connectivity index (χ0) is 13.1. The Morgan fingerprint density at radius 2 is 2.00 bits per heavy atom. The van der Waals surface area contributed by atoms with E-state index >= 15 is 0 Å². The van der Waals surface area contributed by atoms with E-state index in [4.69, 9.17) is 4.42 Å². The minimum atomic E-state index is 0.192. The molecular formula is C14H21N3O. The van der Waals surface area contributed by atoms with E-state index in [-0.39, 0.29) is 12.1 Å². The highest BCUT2D eigenvalue weighted by Crippen LogP contribution is 2.19. The van der Waals surface area contributed by atoms with Crippen molar-refractivity contribution in [2.45, 2.75) is 45.8 Å². The summed E-state index contributed by atoms with van der Waals surface area (Å²) in [4.78, 5) is 0. The zero-order valence-electron chi connectivity index (χ0n) is 11.4. The van der Waals surface area contributed by atoms with Crippen LogP contribution >= 0.6 is 0 Å². The molecule has 18 heavy (non-hydrogen) atoms. The Hall–Kier alpha value is -1.55. The smallest absolute Gasteiger partial charge is 0.120 e. The normalized spacial score (nSPS) is 14.9. The molecular weight excluding hydrogens is 226 g/mol. The first-order valence-corrected chi connectivity index (χ1v) is 6.41. The highest BCUT2D eigenvalue weighted by Gasteiger charge is 2.14. The van der Waals surface area contributed by atoms with Gasteiger partial charge in [-0.2, -0.15) is 5.10 Å². The molecule has 4 nitrogen and oxygen atoms in total. The van der Waals surface area contributed by atoms with Crippen LogP contribution in [0.1, 0.15) is 57.1 Å². The first-order valence-electron chi connectivity index (χ1n) is 6.41. The third-order valence-corrected chi connectivity index (χ3v) is 3.12. The Bertz CT molecular complexity index is 473. The number of nitrogens with zero attached hydrogens (tertiary/aromatic N) is 2. The molecule has 0 radical (unpaired) electrons. The fourth-order valence-corrected chi connectivity index (χ4v) is 1.95. The number of hydrogen-bond donors (Lipinski definition) is 1. The minimum absolute atomic E-state index is 0.192. The number of rotatable bonds is 5. The van der Waals surface area contributed by atoms with Gasteiger partial charge in [0.25, 0.3) is 0 Å². The monoisotopic (exact) mass is 247 g/mol. The van der Waals surface area contributed by atoms with Crippen LogP contribution in [0.2, 0.25) is 0 Å². The van der Waals surface area contributed by atoms with Crippen molar-refractivity contribution in [2.75, 3.05) is 0 Å². The summed E-state index contributed by atoms with van der Waals surface area (Å²) in [5.41, 5.74) is 1.20. The largest absolute Gasteiger partial charge is 0.468 e. The molecule has 0 unspecified atom stereocenters. The quantitative estimate of drug-likeness (QED) is 0.879. The molecule has 98 valence electrons. The molecule has 2 rings (SSSR count). The van der Waals surface area contributed by atoms with Crippen LogP contribution in [0.4, 0.5) is 0 Å². The molecule has 0 saturated carbocycles. The van der Waals surface area contributed by atoms with Crippen molar-refractivity contribution in [3.63, 3.8) is 0 Å². The number of hydrogen-bond acceptors (Lipinski definition) is 3. The molecule has 1 N–H and O–H groups in total. The van der Waals surface area contributed by atoms with Crippen molar-refractivity contribution in [2.24, 2.45) is 0 Å². The average Bonchev–Trinajstić information content (AvgIpc) is 3.00. The van der Waals surface area contributed by atoms with Crippen LogP contribution in [-0.4, -0.2) is 9.78 Å². The van der Waals surface area contributed by atoms with Crippen molar-refractivity contribution in [1.82, 2.24) is 15.1 Å². The summed E-state index contributed by atoms with van der Waals surface area (Å²) in [6.07, 6.45) is 5.72. The number of aromatic nitrogens is 2. The third-order valence-electron chi connectivity index (χ3n) is 3.12. The molecule has 0 aromatic carbocycles. The molecule has 0 saturated heterocycles. The average molecular weight is 247 g/mol. The zero-order valence-corrected chi connectivity index (χ0v) is 11.4. The van der Waals surface area contributed by atoms with Crippen LogP contribution in [0.5, 0.6) is 0 Å². The lowest BCUT2D eigenvalue weighted by atomic mass is 10.1. The van der Waals surface area contributed by atoms with E-state index in [1.807, 2.05) is 23.0 Å². The molecule has 0 fully saturated rings. The molecule has 2 aromatic rings. The van der Waals surface area contributed by atoms with Gasteiger partial charge in [-0.1, -0.05) is 0 Å². The summed E-state index contributed by atoms with van der Waals surface area (Å²) in [7, 11) is 0. The predicted octanol–water partition coefficient (Wildman–Crippen LogP) is 3.47. The van der Waals surface area contributed by atoms with Crippen LogP contribution in [-0.2, 0) is 0 Å². The van der Waals surface area contributed by atoms with E-state index in [0.717, 1.165) is 5.76 Å². The molecule has 0 aliphatic carbocycles. The first-order chi connectivity index (χ1) is 8.58. The molecule has 0 amide bonds. The maximum Gasteiger partial charge on any atom is 0.120 e. The van der Waals surface area contributed by atoms with Gasteiger partial charge >= 0.3 is 0 Å². The summed E-state index contributed by atoms with van der Waals surface area (Å²) >= 11 is 0. The molecule has 0 bridgehead atoms. The van der Waals surface area contributed by atoms with E-state index in [0.29, 0.717) is 6.04 Å². The van der Waals surface area contributed by atoms with E-state index < -0.39 is 0 Å². The van der Waals surface area contributed by atoms with Gasteiger partial charge in [0, 0.05) is 23.8 Å². The van der Waals surface area contributed by atoms with Gasteiger partial charge in [0.05, 0.1) is 18.5 Å². The van der Waals surface area contributed by atoms with Crippen molar-refractivity contribution in [3.05, 3.63) is 42.1 Å². The SMILES string of the molecule is CC(C)n1cc([C@@H](C)N[C@H](C)c2ccco2)cn1. The summed E-state index contributed by atoms with van der Waals surface area (Å²) < 4.78 is 7.37. The minimum Gasteiger partial charge on any atom is -0.468 e. The van der Waals surface area contributed by atoms with Gasteiger partial charge in [-0.25, -0.2) is 0 Å². The standard InChI is InChI=1S/C14H21N3O/c1-10(2)17-9-13(8-15-17)11(3)16-12(4)14-6-5-7-18-14/h5-12,16H,1-4H3/t11-,12-/m1/s1. The van der Waals surface area contributed by atoms with Crippen LogP contribution < -0.4 is 5.32 Å². The van der Waals surface area contributed by atoms with Gasteiger partial charge < -0.3 is 9.73 Å². The highest BCUT2D eigenvalue weighted by molar-refractivity contribution is 5.11. The van der Waals surface area contributed by atoms with E-state index in [2.05, 4.69) is 44.3 Å². The Balaban J connectivity index is 2.00. The molecule has 0 spiro atoms. The Kier molecular flexibility index (Phi) is 3.87. The molecule has 4 heteroatoms.